The number of nitrogens with one attached hydrogen (secondary N) is 1. The highest BCUT2D eigenvalue weighted by molar-refractivity contribution is 7.12. The Balaban J connectivity index is 2.77. The second-order valence-corrected chi connectivity index (χ2v) is 5.42. The standard InChI is InChI=1S/C12H18ClNO2S/c1-4-12(2,6-7-13)14-11(15)10-9(16-3)5-8-17-10/h5,8H,4,6-7H2,1-3H3,(H,14,15). The van der Waals surface area contributed by atoms with Crippen LogP contribution in [-0.4, -0.2) is 24.4 Å². The predicted octanol–water partition coefficient (Wildman–Crippen LogP) is 3.28. The van der Waals surface area contributed by atoms with Crippen LogP contribution < -0.4 is 10.1 Å². The molecule has 0 bridgehead atoms. The molecule has 1 atom stereocenters. The maximum Gasteiger partial charge on any atom is 0.265 e. The lowest BCUT2D eigenvalue weighted by Crippen LogP contribution is -2.45. The van der Waals surface area contributed by atoms with Crippen LogP contribution in [0.3, 0.4) is 0 Å². The maximum atomic E-state index is 12.1. The minimum Gasteiger partial charge on any atom is -0.495 e. The Labute approximate surface area is 111 Å². The topological polar surface area (TPSA) is 38.3 Å². The fourth-order valence-corrected chi connectivity index (χ4v) is 2.66. The molecule has 1 unspecified atom stereocenters. The van der Waals surface area contributed by atoms with Gasteiger partial charge in [-0.15, -0.1) is 22.9 Å². The van der Waals surface area contributed by atoms with E-state index in [1.807, 2.05) is 19.2 Å². The SMILES string of the molecule is CCC(C)(CCCl)NC(=O)c1sccc1OC. The lowest BCUT2D eigenvalue weighted by Gasteiger charge is -2.28. The van der Waals surface area contributed by atoms with E-state index in [1.54, 1.807) is 13.2 Å². The van der Waals surface area contributed by atoms with Gasteiger partial charge in [-0.2, -0.15) is 0 Å². The Morgan fingerprint density at radius 3 is 2.88 bits per heavy atom. The lowest BCUT2D eigenvalue weighted by atomic mass is 9.95. The largest absolute Gasteiger partial charge is 0.495 e. The van der Waals surface area contributed by atoms with Crippen molar-refractivity contribution in [3.63, 3.8) is 0 Å². The quantitative estimate of drug-likeness (QED) is 0.809. The first-order valence-electron chi connectivity index (χ1n) is 5.56. The minimum absolute atomic E-state index is 0.0914. The van der Waals surface area contributed by atoms with Crippen LogP contribution in [0.1, 0.15) is 36.4 Å². The van der Waals surface area contributed by atoms with Crippen molar-refractivity contribution in [2.24, 2.45) is 0 Å². The molecule has 0 radical (unpaired) electrons. The molecule has 3 nitrogen and oxygen atoms in total. The summed E-state index contributed by atoms with van der Waals surface area (Å²) >= 11 is 7.14. The highest BCUT2D eigenvalue weighted by atomic mass is 35.5. The zero-order chi connectivity index (χ0) is 12.9. The number of methoxy groups -OCH3 is 1. The minimum atomic E-state index is -0.256. The van der Waals surface area contributed by atoms with Crippen molar-refractivity contribution in [2.45, 2.75) is 32.2 Å². The van der Waals surface area contributed by atoms with E-state index in [1.165, 1.54) is 11.3 Å². The van der Waals surface area contributed by atoms with E-state index >= 15 is 0 Å². The van der Waals surface area contributed by atoms with E-state index in [-0.39, 0.29) is 11.4 Å². The van der Waals surface area contributed by atoms with E-state index in [2.05, 4.69) is 5.32 Å². The number of carbonyl (C=O) groups excluding carboxylic acids is 1. The first-order valence-corrected chi connectivity index (χ1v) is 6.97. The Morgan fingerprint density at radius 1 is 1.65 bits per heavy atom. The Morgan fingerprint density at radius 2 is 2.35 bits per heavy atom. The molecule has 0 saturated carbocycles. The molecule has 0 aromatic carbocycles. The van der Waals surface area contributed by atoms with Crippen molar-refractivity contribution >= 4 is 28.8 Å². The van der Waals surface area contributed by atoms with Gasteiger partial charge in [-0.25, -0.2) is 0 Å². The van der Waals surface area contributed by atoms with Crippen LogP contribution in [0.2, 0.25) is 0 Å². The van der Waals surface area contributed by atoms with Crippen molar-refractivity contribution in [3.8, 4) is 5.75 Å². The summed E-state index contributed by atoms with van der Waals surface area (Å²) in [7, 11) is 1.57. The molecule has 5 heteroatoms. The van der Waals surface area contributed by atoms with Crippen LogP contribution in [0.4, 0.5) is 0 Å². The second kappa shape index (κ2) is 6.26. The smallest absolute Gasteiger partial charge is 0.265 e. The number of carbonyl (C=O) groups is 1. The summed E-state index contributed by atoms with van der Waals surface area (Å²) in [5, 5.41) is 4.87. The number of hydrogen-bond donors (Lipinski definition) is 1. The number of rotatable bonds is 6. The van der Waals surface area contributed by atoms with Gasteiger partial charge in [-0.05, 0) is 31.2 Å². The molecule has 0 spiro atoms. The highest BCUT2D eigenvalue weighted by Gasteiger charge is 2.26. The molecular formula is C12H18ClNO2S. The molecule has 1 aromatic rings. The summed E-state index contributed by atoms with van der Waals surface area (Å²) < 4.78 is 5.14. The molecule has 1 heterocycles. The van der Waals surface area contributed by atoms with Gasteiger partial charge >= 0.3 is 0 Å². The van der Waals surface area contributed by atoms with E-state index in [0.717, 1.165) is 12.8 Å². The van der Waals surface area contributed by atoms with Gasteiger partial charge in [0.05, 0.1) is 7.11 Å². The number of alkyl halides is 1. The summed E-state index contributed by atoms with van der Waals surface area (Å²) in [6, 6.07) is 1.80. The van der Waals surface area contributed by atoms with E-state index < -0.39 is 0 Å². The predicted molar refractivity (Wildman–Crippen MR) is 72.4 cm³/mol. The zero-order valence-electron chi connectivity index (χ0n) is 10.4. The number of ether oxygens (including phenoxy) is 1. The lowest BCUT2D eigenvalue weighted by molar-refractivity contribution is 0.0903. The average molecular weight is 276 g/mol. The van der Waals surface area contributed by atoms with Gasteiger partial charge in [0.1, 0.15) is 10.6 Å². The van der Waals surface area contributed by atoms with Crippen LogP contribution in [0.25, 0.3) is 0 Å². The van der Waals surface area contributed by atoms with Crippen LogP contribution in [0, 0.1) is 0 Å². The van der Waals surface area contributed by atoms with Crippen molar-refractivity contribution in [2.75, 3.05) is 13.0 Å². The highest BCUT2D eigenvalue weighted by Crippen LogP contribution is 2.25. The molecule has 0 fully saturated rings. The summed E-state index contributed by atoms with van der Waals surface area (Å²) in [6.07, 6.45) is 1.60. The first kappa shape index (κ1) is 14.3. The average Bonchev–Trinajstić information content (AvgIpc) is 2.77. The van der Waals surface area contributed by atoms with Crippen molar-refractivity contribution in [3.05, 3.63) is 16.3 Å². The monoisotopic (exact) mass is 275 g/mol. The maximum absolute atomic E-state index is 12.1. The second-order valence-electron chi connectivity index (χ2n) is 4.13. The summed E-state index contributed by atoms with van der Waals surface area (Å²) in [5.41, 5.74) is -0.256. The van der Waals surface area contributed by atoms with Gasteiger partial charge in [-0.1, -0.05) is 6.92 Å². The molecule has 1 amide bonds. The Bertz CT molecular complexity index is 380. The van der Waals surface area contributed by atoms with Gasteiger partial charge < -0.3 is 10.1 Å². The molecule has 1 N–H and O–H groups in total. The molecule has 0 aliphatic rings. The molecule has 96 valence electrons. The molecular weight excluding hydrogens is 258 g/mol. The number of thiophene rings is 1. The summed E-state index contributed by atoms with van der Waals surface area (Å²) in [5.74, 6) is 1.06. The van der Waals surface area contributed by atoms with Gasteiger partial charge in [0.2, 0.25) is 0 Å². The molecule has 17 heavy (non-hydrogen) atoms. The third kappa shape index (κ3) is 3.61. The summed E-state index contributed by atoms with van der Waals surface area (Å²) in [4.78, 5) is 12.7. The first-order chi connectivity index (χ1) is 8.06. The van der Waals surface area contributed by atoms with E-state index in [4.69, 9.17) is 16.3 Å². The zero-order valence-corrected chi connectivity index (χ0v) is 12.0. The number of halogens is 1. The van der Waals surface area contributed by atoms with Crippen molar-refractivity contribution < 1.29 is 9.53 Å². The van der Waals surface area contributed by atoms with Crippen molar-refractivity contribution in [1.29, 1.82) is 0 Å². The fourth-order valence-electron chi connectivity index (χ4n) is 1.49. The van der Waals surface area contributed by atoms with Gasteiger partial charge in [0.25, 0.3) is 5.91 Å². The Hall–Kier alpha value is -0.740. The Kier molecular flexibility index (Phi) is 5.28. The van der Waals surface area contributed by atoms with Gasteiger partial charge in [-0.3, -0.25) is 4.79 Å². The van der Waals surface area contributed by atoms with Crippen LogP contribution >= 0.6 is 22.9 Å². The number of hydrogen-bond acceptors (Lipinski definition) is 3. The van der Waals surface area contributed by atoms with Gasteiger partial charge in [0, 0.05) is 11.4 Å². The van der Waals surface area contributed by atoms with E-state index in [9.17, 15) is 4.79 Å². The van der Waals surface area contributed by atoms with Gasteiger partial charge in [0.15, 0.2) is 0 Å². The van der Waals surface area contributed by atoms with Crippen LogP contribution in [0.5, 0.6) is 5.75 Å². The molecule has 1 aromatic heterocycles. The molecule has 1 rings (SSSR count). The van der Waals surface area contributed by atoms with Crippen LogP contribution in [-0.2, 0) is 0 Å². The molecule has 0 aliphatic carbocycles. The van der Waals surface area contributed by atoms with Crippen molar-refractivity contribution in [1.82, 2.24) is 5.32 Å². The third-order valence-corrected chi connectivity index (χ3v) is 3.98. The van der Waals surface area contributed by atoms with E-state index in [0.29, 0.717) is 16.5 Å². The number of amides is 1. The fraction of sp³-hybridized carbons (Fsp3) is 0.583. The third-order valence-electron chi connectivity index (χ3n) is 2.90. The van der Waals surface area contributed by atoms with Crippen LogP contribution in [0.15, 0.2) is 11.4 Å². The molecule has 0 saturated heterocycles. The summed E-state index contributed by atoms with van der Waals surface area (Å²) in [6.45, 7) is 4.05. The molecule has 0 aliphatic heterocycles. The normalized spacial score (nSPS) is 14.1.